The maximum absolute atomic E-state index is 13.3. The Labute approximate surface area is 169 Å². The van der Waals surface area contributed by atoms with Gasteiger partial charge in [-0.15, -0.1) is 0 Å². The van der Waals surface area contributed by atoms with E-state index in [0.29, 0.717) is 6.42 Å². The number of likely N-dealkylation sites (tertiary alicyclic amines) is 1. The van der Waals surface area contributed by atoms with Crippen LogP contribution >= 0.6 is 0 Å². The van der Waals surface area contributed by atoms with Crippen LogP contribution in [0, 0.1) is 11.8 Å². The minimum absolute atomic E-state index is 0.0937. The van der Waals surface area contributed by atoms with Gasteiger partial charge in [0.25, 0.3) is 0 Å². The molecule has 1 aromatic carbocycles. The van der Waals surface area contributed by atoms with Gasteiger partial charge in [-0.05, 0) is 31.9 Å². The third-order valence-electron chi connectivity index (χ3n) is 6.72. The van der Waals surface area contributed by atoms with E-state index < -0.39 is 17.9 Å². The average Bonchev–Trinajstić information content (AvgIpc) is 3.20. The Balaban J connectivity index is 1.71. The number of carbonyl (C=O) groups is 3. The number of aromatic nitrogens is 1. The van der Waals surface area contributed by atoms with Gasteiger partial charge in [0.15, 0.2) is 5.78 Å². The van der Waals surface area contributed by atoms with E-state index in [0.717, 1.165) is 22.2 Å². The molecule has 0 radical (unpaired) electrons. The highest BCUT2D eigenvalue weighted by atomic mass is 16.2. The first kappa shape index (κ1) is 18.0. The fourth-order valence-corrected chi connectivity index (χ4v) is 5.28. The molecule has 29 heavy (non-hydrogen) atoms. The second kappa shape index (κ2) is 6.24. The second-order valence-electron chi connectivity index (χ2n) is 8.25. The Morgan fingerprint density at radius 1 is 1.17 bits per heavy atom. The molecule has 6 nitrogen and oxygen atoms in total. The zero-order valence-electron chi connectivity index (χ0n) is 16.7. The molecule has 1 aromatic heterocycles. The van der Waals surface area contributed by atoms with Crippen LogP contribution < -0.4 is 4.90 Å². The minimum Gasteiger partial charge on any atom is -0.351 e. The van der Waals surface area contributed by atoms with Gasteiger partial charge in [0, 0.05) is 17.6 Å². The Morgan fingerprint density at radius 2 is 1.93 bits per heavy atom. The highest BCUT2D eigenvalue weighted by Gasteiger charge is 2.64. The first-order valence-corrected chi connectivity index (χ1v) is 10.2. The number of ketones is 1. The van der Waals surface area contributed by atoms with Crippen molar-refractivity contribution in [2.75, 3.05) is 4.90 Å². The van der Waals surface area contributed by atoms with Gasteiger partial charge < -0.3 is 4.90 Å². The normalized spacial score (nSPS) is 28.5. The minimum atomic E-state index is -0.660. The molecule has 2 amide bonds. The number of nitrogens with zero attached hydrogens (tertiary/aromatic N) is 3. The van der Waals surface area contributed by atoms with Gasteiger partial charge in [-0.25, -0.2) is 0 Å². The molecule has 0 N–H and O–H groups in total. The molecule has 0 bridgehead atoms. The Hall–Kier alpha value is -3.02. The number of hydrogen-bond acceptors (Lipinski definition) is 5. The van der Waals surface area contributed by atoms with Gasteiger partial charge in [-0.3, -0.25) is 24.3 Å². The zero-order chi connectivity index (χ0) is 20.4. The lowest BCUT2D eigenvalue weighted by atomic mass is 9.88. The van der Waals surface area contributed by atoms with E-state index in [4.69, 9.17) is 0 Å². The lowest BCUT2D eigenvalue weighted by Crippen LogP contribution is -2.49. The molecule has 2 fully saturated rings. The quantitative estimate of drug-likeness (QED) is 0.755. The number of amides is 2. The van der Waals surface area contributed by atoms with E-state index in [1.54, 1.807) is 6.20 Å². The largest absolute Gasteiger partial charge is 0.351 e. The van der Waals surface area contributed by atoms with Crippen molar-refractivity contribution < 1.29 is 14.4 Å². The lowest BCUT2D eigenvalue weighted by Gasteiger charge is -2.37. The van der Waals surface area contributed by atoms with E-state index in [1.807, 2.05) is 55.2 Å². The maximum atomic E-state index is 13.3. The van der Waals surface area contributed by atoms with Crippen LogP contribution in [0.3, 0.4) is 0 Å². The number of fused-ring (bicyclic) bond motifs is 7. The summed E-state index contributed by atoms with van der Waals surface area (Å²) in [5, 5.41) is 0.971. The van der Waals surface area contributed by atoms with Gasteiger partial charge in [-0.1, -0.05) is 37.3 Å². The number of imide groups is 1. The average molecular weight is 389 g/mol. The van der Waals surface area contributed by atoms with Crippen molar-refractivity contribution in [2.45, 2.75) is 45.3 Å². The summed E-state index contributed by atoms with van der Waals surface area (Å²) in [5.41, 5.74) is 2.60. The standard InChI is InChI=1S/C23H23N3O3/c1-4-12(2)25-22(28)17-16-10-9-15-8-7-14-6-5-11-24-19(14)21(15)26(16)20(13(3)27)18(17)23(25)29/h5-12,16-18,20H,4H2,1-3H3/t12-,16+,17+,18-,20-/m1/s1. The highest BCUT2D eigenvalue weighted by molar-refractivity contribution is 6.12. The van der Waals surface area contributed by atoms with E-state index in [2.05, 4.69) is 4.98 Å². The van der Waals surface area contributed by atoms with E-state index in [1.165, 1.54) is 11.8 Å². The number of anilines is 1. The van der Waals surface area contributed by atoms with E-state index in [9.17, 15) is 14.4 Å². The molecule has 4 heterocycles. The number of hydrogen-bond donors (Lipinski definition) is 0. The number of pyridine rings is 1. The predicted octanol–water partition coefficient (Wildman–Crippen LogP) is 2.81. The fraction of sp³-hybridized carbons (Fsp3) is 0.391. The SMILES string of the molecule is CC[C@@H](C)N1C(=O)[C@@H]2[C@@H](C1=O)[C@@H]1C=Cc3ccc4cccnc4c3N1[C@@H]2C(C)=O. The number of benzene rings is 1. The third-order valence-corrected chi connectivity index (χ3v) is 6.72. The van der Waals surface area contributed by atoms with E-state index in [-0.39, 0.29) is 29.7 Å². The Bertz CT molecular complexity index is 1090. The summed E-state index contributed by atoms with van der Waals surface area (Å²) in [6.45, 7) is 5.37. The lowest BCUT2D eigenvalue weighted by molar-refractivity contribution is -0.143. The summed E-state index contributed by atoms with van der Waals surface area (Å²) in [6, 6.07) is 6.73. The van der Waals surface area contributed by atoms with Crippen LogP contribution in [0.1, 0.15) is 32.8 Å². The second-order valence-corrected chi connectivity index (χ2v) is 8.25. The molecular formula is C23H23N3O3. The van der Waals surface area contributed by atoms with Crippen LogP contribution in [0.4, 0.5) is 5.69 Å². The molecule has 5 rings (SSSR count). The molecule has 0 spiro atoms. The van der Waals surface area contributed by atoms with Crippen molar-refractivity contribution in [2.24, 2.45) is 11.8 Å². The summed E-state index contributed by atoms with van der Waals surface area (Å²) in [7, 11) is 0. The van der Waals surface area contributed by atoms with E-state index >= 15 is 0 Å². The molecule has 0 aliphatic carbocycles. The van der Waals surface area contributed by atoms with Crippen LogP contribution in [0.25, 0.3) is 17.0 Å². The molecule has 148 valence electrons. The Kier molecular flexibility index (Phi) is 3.88. The predicted molar refractivity (Wildman–Crippen MR) is 110 cm³/mol. The monoisotopic (exact) mass is 389 g/mol. The summed E-state index contributed by atoms with van der Waals surface area (Å²) in [6.07, 6.45) is 6.40. The van der Waals surface area contributed by atoms with Gasteiger partial charge in [0.1, 0.15) is 6.04 Å². The molecule has 3 aliphatic rings. The van der Waals surface area contributed by atoms with Crippen molar-refractivity contribution in [3.63, 3.8) is 0 Å². The van der Waals surface area contributed by atoms with Gasteiger partial charge in [-0.2, -0.15) is 0 Å². The van der Waals surface area contributed by atoms with Gasteiger partial charge in [0.2, 0.25) is 11.8 Å². The molecule has 0 saturated carbocycles. The zero-order valence-corrected chi connectivity index (χ0v) is 16.7. The molecule has 5 atom stereocenters. The maximum Gasteiger partial charge on any atom is 0.235 e. The molecule has 2 aromatic rings. The number of rotatable bonds is 3. The third kappa shape index (κ3) is 2.29. The Morgan fingerprint density at radius 3 is 2.66 bits per heavy atom. The first-order valence-electron chi connectivity index (χ1n) is 10.2. The smallest absolute Gasteiger partial charge is 0.235 e. The summed E-state index contributed by atoms with van der Waals surface area (Å²) >= 11 is 0. The highest BCUT2D eigenvalue weighted by Crippen LogP contribution is 2.50. The van der Waals surface area contributed by atoms with Crippen LogP contribution in [0.2, 0.25) is 0 Å². The van der Waals surface area contributed by atoms with Crippen LogP contribution in [-0.4, -0.2) is 45.6 Å². The molecule has 0 unspecified atom stereocenters. The van der Waals surface area contributed by atoms with Crippen molar-refractivity contribution >= 4 is 40.3 Å². The fourth-order valence-electron chi connectivity index (χ4n) is 5.28. The summed E-state index contributed by atoms with van der Waals surface area (Å²) in [4.78, 5) is 47.4. The van der Waals surface area contributed by atoms with Crippen molar-refractivity contribution in [3.05, 3.63) is 42.1 Å². The van der Waals surface area contributed by atoms with Crippen LogP contribution in [0.5, 0.6) is 0 Å². The van der Waals surface area contributed by atoms with Crippen LogP contribution in [-0.2, 0) is 14.4 Å². The number of Topliss-reactive ketones (excluding diaryl/α,β-unsaturated/α-hetero) is 1. The van der Waals surface area contributed by atoms with Gasteiger partial charge in [0.05, 0.1) is 29.1 Å². The topological polar surface area (TPSA) is 70.6 Å². The van der Waals surface area contributed by atoms with Crippen molar-refractivity contribution in [1.29, 1.82) is 0 Å². The molecule has 2 saturated heterocycles. The molecular weight excluding hydrogens is 366 g/mol. The van der Waals surface area contributed by atoms with Crippen molar-refractivity contribution in [3.8, 4) is 0 Å². The summed E-state index contributed by atoms with van der Waals surface area (Å²) in [5.74, 6) is -1.65. The van der Waals surface area contributed by atoms with Gasteiger partial charge >= 0.3 is 0 Å². The first-order chi connectivity index (χ1) is 14.0. The van der Waals surface area contributed by atoms with Crippen molar-refractivity contribution in [1.82, 2.24) is 9.88 Å². The molecule has 6 heteroatoms. The van der Waals surface area contributed by atoms with Crippen LogP contribution in [0.15, 0.2) is 36.5 Å². The summed E-state index contributed by atoms with van der Waals surface area (Å²) < 4.78 is 0. The number of carbonyl (C=O) groups excluding carboxylic acids is 3. The molecule has 3 aliphatic heterocycles.